The molecule has 0 saturated heterocycles. The molecule has 0 aliphatic heterocycles. The molecule has 1 aromatic carbocycles. The van der Waals surface area contributed by atoms with Crippen molar-refractivity contribution in [2.24, 2.45) is 17.6 Å². The first-order valence-electron chi connectivity index (χ1n) is 7.63. The summed E-state index contributed by atoms with van der Waals surface area (Å²) in [6.07, 6.45) is 7.61. The van der Waals surface area contributed by atoms with Crippen LogP contribution < -0.4 is 5.73 Å². The average molecular weight is 263 g/mol. The van der Waals surface area contributed by atoms with Gasteiger partial charge in [-0.2, -0.15) is 0 Å². The van der Waals surface area contributed by atoms with Gasteiger partial charge in [-0.05, 0) is 54.9 Å². The van der Waals surface area contributed by atoms with Gasteiger partial charge in [-0.15, -0.1) is 0 Å². The van der Waals surface area contributed by atoms with Crippen LogP contribution in [0.1, 0.15) is 62.6 Å². The van der Waals surface area contributed by atoms with Crippen molar-refractivity contribution in [3.8, 4) is 0 Å². The standard InChI is InChI=1S/C17H26FN/c1-3-4-13-6-8-14(9-7-13)17(19)16-11-15(18)10-5-12(16)2/h5,10-11,13-14,17H,3-4,6-9,19H2,1-2H3. The van der Waals surface area contributed by atoms with E-state index in [0.717, 1.165) is 17.0 Å². The Morgan fingerprint density at radius 3 is 2.58 bits per heavy atom. The topological polar surface area (TPSA) is 26.0 Å². The van der Waals surface area contributed by atoms with Crippen LogP contribution in [0.15, 0.2) is 18.2 Å². The lowest BCUT2D eigenvalue weighted by Crippen LogP contribution is -2.26. The van der Waals surface area contributed by atoms with Gasteiger partial charge in [-0.25, -0.2) is 4.39 Å². The Labute approximate surface area is 116 Å². The third-order valence-electron chi connectivity index (χ3n) is 4.70. The molecule has 1 aromatic rings. The smallest absolute Gasteiger partial charge is 0.123 e. The van der Waals surface area contributed by atoms with Gasteiger partial charge in [0.25, 0.3) is 0 Å². The molecule has 0 aromatic heterocycles. The average Bonchev–Trinajstić information content (AvgIpc) is 2.42. The first-order chi connectivity index (χ1) is 9.11. The molecule has 0 heterocycles. The van der Waals surface area contributed by atoms with Crippen LogP contribution in [0.2, 0.25) is 0 Å². The minimum absolute atomic E-state index is 0.00160. The summed E-state index contributed by atoms with van der Waals surface area (Å²) in [7, 11) is 0. The highest BCUT2D eigenvalue weighted by molar-refractivity contribution is 5.29. The number of nitrogens with two attached hydrogens (primary N) is 1. The fourth-order valence-corrected chi connectivity index (χ4v) is 3.47. The Balaban J connectivity index is 2.01. The molecule has 2 rings (SSSR count). The molecule has 0 amide bonds. The van der Waals surface area contributed by atoms with Gasteiger partial charge in [0.1, 0.15) is 5.82 Å². The van der Waals surface area contributed by atoms with Crippen LogP contribution in [-0.2, 0) is 0 Å². The van der Waals surface area contributed by atoms with E-state index in [1.807, 2.05) is 13.0 Å². The maximum Gasteiger partial charge on any atom is 0.123 e. The summed E-state index contributed by atoms with van der Waals surface area (Å²) in [6.45, 7) is 4.28. The normalized spacial score (nSPS) is 25.3. The molecule has 0 radical (unpaired) electrons. The van der Waals surface area contributed by atoms with Crippen molar-refractivity contribution in [2.75, 3.05) is 0 Å². The fourth-order valence-electron chi connectivity index (χ4n) is 3.47. The van der Waals surface area contributed by atoms with Crippen LogP contribution in [0, 0.1) is 24.6 Å². The Morgan fingerprint density at radius 1 is 1.26 bits per heavy atom. The van der Waals surface area contributed by atoms with Crippen LogP contribution >= 0.6 is 0 Å². The lowest BCUT2D eigenvalue weighted by molar-refractivity contribution is 0.234. The van der Waals surface area contributed by atoms with E-state index in [0.29, 0.717) is 5.92 Å². The lowest BCUT2D eigenvalue weighted by Gasteiger charge is -2.32. The maximum absolute atomic E-state index is 13.4. The number of halogens is 1. The molecule has 2 N–H and O–H groups in total. The van der Waals surface area contributed by atoms with Gasteiger partial charge in [-0.3, -0.25) is 0 Å². The van der Waals surface area contributed by atoms with Crippen molar-refractivity contribution in [3.05, 3.63) is 35.1 Å². The quantitative estimate of drug-likeness (QED) is 0.834. The van der Waals surface area contributed by atoms with E-state index in [1.165, 1.54) is 44.6 Å². The number of hydrogen-bond donors (Lipinski definition) is 1. The van der Waals surface area contributed by atoms with Crippen molar-refractivity contribution >= 4 is 0 Å². The Morgan fingerprint density at radius 2 is 1.95 bits per heavy atom. The third kappa shape index (κ3) is 3.56. The second-order valence-electron chi connectivity index (χ2n) is 6.10. The zero-order valence-corrected chi connectivity index (χ0v) is 12.2. The second-order valence-corrected chi connectivity index (χ2v) is 6.10. The molecule has 1 nitrogen and oxygen atoms in total. The first kappa shape index (κ1) is 14.5. The van der Waals surface area contributed by atoms with E-state index < -0.39 is 0 Å². The predicted octanol–water partition coefficient (Wildman–Crippen LogP) is 4.74. The van der Waals surface area contributed by atoms with Gasteiger partial charge in [0.05, 0.1) is 0 Å². The minimum Gasteiger partial charge on any atom is -0.324 e. The van der Waals surface area contributed by atoms with Gasteiger partial charge in [-0.1, -0.05) is 38.7 Å². The van der Waals surface area contributed by atoms with E-state index in [9.17, 15) is 4.39 Å². The molecule has 0 spiro atoms. The third-order valence-corrected chi connectivity index (χ3v) is 4.70. The lowest BCUT2D eigenvalue weighted by atomic mass is 9.75. The Kier molecular flexibility index (Phi) is 4.98. The summed E-state index contributed by atoms with van der Waals surface area (Å²) in [5.41, 5.74) is 8.51. The predicted molar refractivity (Wildman–Crippen MR) is 78.4 cm³/mol. The molecule has 2 heteroatoms. The van der Waals surface area contributed by atoms with Gasteiger partial charge < -0.3 is 5.73 Å². The fraction of sp³-hybridized carbons (Fsp3) is 0.647. The van der Waals surface area contributed by atoms with Gasteiger partial charge in [0.15, 0.2) is 0 Å². The van der Waals surface area contributed by atoms with Crippen molar-refractivity contribution < 1.29 is 4.39 Å². The van der Waals surface area contributed by atoms with Gasteiger partial charge in [0, 0.05) is 6.04 Å². The molecule has 1 aliphatic rings. The van der Waals surface area contributed by atoms with Gasteiger partial charge >= 0.3 is 0 Å². The highest BCUT2D eigenvalue weighted by Gasteiger charge is 2.26. The molecule has 1 saturated carbocycles. The van der Waals surface area contributed by atoms with E-state index >= 15 is 0 Å². The van der Waals surface area contributed by atoms with Crippen LogP contribution in [-0.4, -0.2) is 0 Å². The molecule has 19 heavy (non-hydrogen) atoms. The zero-order valence-electron chi connectivity index (χ0n) is 12.2. The minimum atomic E-state index is -0.171. The highest BCUT2D eigenvalue weighted by Crippen LogP contribution is 2.38. The van der Waals surface area contributed by atoms with Crippen LogP contribution in [0.3, 0.4) is 0 Å². The molecular formula is C17H26FN. The van der Waals surface area contributed by atoms with Crippen LogP contribution in [0.4, 0.5) is 4.39 Å². The molecular weight excluding hydrogens is 237 g/mol. The zero-order chi connectivity index (χ0) is 13.8. The molecule has 1 aliphatic carbocycles. The molecule has 1 fully saturated rings. The number of hydrogen-bond acceptors (Lipinski definition) is 1. The molecule has 0 bridgehead atoms. The first-order valence-corrected chi connectivity index (χ1v) is 7.63. The maximum atomic E-state index is 13.4. The second kappa shape index (κ2) is 6.51. The van der Waals surface area contributed by atoms with Gasteiger partial charge in [0.2, 0.25) is 0 Å². The largest absolute Gasteiger partial charge is 0.324 e. The molecule has 106 valence electrons. The van der Waals surface area contributed by atoms with Crippen molar-refractivity contribution in [2.45, 2.75) is 58.4 Å². The molecule has 1 unspecified atom stereocenters. The Hall–Kier alpha value is -0.890. The summed E-state index contributed by atoms with van der Waals surface area (Å²) >= 11 is 0. The summed E-state index contributed by atoms with van der Waals surface area (Å²) in [5, 5.41) is 0. The van der Waals surface area contributed by atoms with Crippen LogP contribution in [0.25, 0.3) is 0 Å². The SMILES string of the molecule is CCCC1CCC(C(N)c2cc(F)ccc2C)CC1. The van der Waals surface area contributed by atoms with Crippen molar-refractivity contribution in [3.63, 3.8) is 0 Å². The number of benzene rings is 1. The molecule has 1 atom stereocenters. The van der Waals surface area contributed by atoms with E-state index in [2.05, 4.69) is 6.92 Å². The summed E-state index contributed by atoms with van der Waals surface area (Å²) < 4.78 is 13.4. The van der Waals surface area contributed by atoms with E-state index in [-0.39, 0.29) is 11.9 Å². The highest BCUT2D eigenvalue weighted by atomic mass is 19.1. The van der Waals surface area contributed by atoms with E-state index in [4.69, 9.17) is 5.73 Å². The van der Waals surface area contributed by atoms with Crippen LogP contribution in [0.5, 0.6) is 0 Å². The Bertz CT molecular complexity index is 408. The number of rotatable bonds is 4. The summed E-state index contributed by atoms with van der Waals surface area (Å²) in [5.74, 6) is 1.24. The van der Waals surface area contributed by atoms with E-state index in [1.54, 1.807) is 6.07 Å². The van der Waals surface area contributed by atoms with Crippen molar-refractivity contribution in [1.29, 1.82) is 0 Å². The monoisotopic (exact) mass is 263 g/mol. The summed E-state index contributed by atoms with van der Waals surface area (Å²) in [6, 6.07) is 4.98. The number of aryl methyl sites for hydroxylation is 1. The summed E-state index contributed by atoms with van der Waals surface area (Å²) in [4.78, 5) is 0. The van der Waals surface area contributed by atoms with Crippen molar-refractivity contribution in [1.82, 2.24) is 0 Å².